The quantitative estimate of drug-likeness (QED) is 0.686. The summed E-state index contributed by atoms with van der Waals surface area (Å²) in [6, 6.07) is 10.8. The van der Waals surface area contributed by atoms with E-state index in [-0.39, 0.29) is 0 Å². The maximum atomic E-state index is 3.55. The zero-order valence-corrected chi connectivity index (χ0v) is 12.2. The molecule has 0 unspecified atom stereocenters. The largest absolute Gasteiger partial charge is 0.380 e. The molecular formula is C13H10BrNS2. The van der Waals surface area contributed by atoms with Crippen LogP contribution in [0.1, 0.15) is 4.88 Å². The SMILES string of the molecule is Brc1ccsc1CNc1ccc2sccc2c1. The van der Waals surface area contributed by atoms with E-state index in [1.807, 2.05) is 0 Å². The van der Waals surface area contributed by atoms with Crippen LogP contribution in [0.15, 0.2) is 45.6 Å². The van der Waals surface area contributed by atoms with Gasteiger partial charge in [-0.05, 0) is 62.4 Å². The van der Waals surface area contributed by atoms with Crippen LogP contribution in [-0.2, 0) is 6.54 Å². The third-order valence-electron chi connectivity index (χ3n) is 2.60. The van der Waals surface area contributed by atoms with E-state index >= 15 is 0 Å². The Morgan fingerprint density at radius 1 is 1.06 bits per heavy atom. The predicted molar refractivity (Wildman–Crippen MR) is 81.2 cm³/mol. The summed E-state index contributed by atoms with van der Waals surface area (Å²) in [7, 11) is 0. The van der Waals surface area contributed by atoms with Gasteiger partial charge in [-0.1, -0.05) is 0 Å². The number of hydrogen-bond acceptors (Lipinski definition) is 3. The minimum atomic E-state index is 0.869. The van der Waals surface area contributed by atoms with Crippen molar-refractivity contribution in [2.45, 2.75) is 6.54 Å². The summed E-state index contributed by atoms with van der Waals surface area (Å²) in [5, 5.41) is 8.99. The molecule has 0 atom stereocenters. The van der Waals surface area contributed by atoms with Crippen molar-refractivity contribution in [1.82, 2.24) is 0 Å². The second-order valence-electron chi connectivity index (χ2n) is 3.72. The lowest BCUT2D eigenvalue weighted by atomic mass is 10.2. The van der Waals surface area contributed by atoms with Crippen LogP contribution >= 0.6 is 38.6 Å². The smallest absolute Gasteiger partial charge is 0.0505 e. The van der Waals surface area contributed by atoms with Crippen LogP contribution in [-0.4, -0.2) is 0 Å². The Labute approximate surface area is 116 Å². The fourth-order valence-electron chi connectivity index (χ4n) is 1.71. The Bertz CT molecular complexity index is 641. The number of halogens is 1. The van der Waals surface area contributed by atoms with Gasteiger partial charge in [-0.2, -0.15) is 0 Å². The standard InChI is InChI=1S/C13H10BrNS2/c14-11-4-6-17-13(11)8-15-10-1-2-12-9(7-10)3-5-16-12/h1-7,15H,8H2. The highest BCUT2D eigenvalue weighted by molar-refractivity contribution is 9.10. The van der Waals surface area contributed by atoms with Crippen molar-refractivity contribution in [3.8, 4) is 0 Å². The third kappa shape index (κ3) is 2.39. The van der Waals surface area contributed by atoms with E-state index in [1.165, 1.54) is 25.1 Å². The first kappa shape index (κ1) is 11.3. The fourth-order valence-corrected chi connectivity index (χ4v) is 3.91. The molecule has 2 aromatic heterocycles. The van der Waals surface area contributed by atoms with Gasteiger partial charge in [-0.15, -0.1) is 22.7 Å². The van der Waals surface area contributed by atoms with Crippen LogP contribution in [0.5, 0.6) is 0 Å². The summed E-state index contributed by atoms with van der Waals surface area (Å²) >= 11 is 7.09. The highest BCUT2D eigenvalue weighted by atomic mass is 79.9. The summed E-state index contributed by atoms with van der Waals surface area (Å²) in [5.74, 6) is 0. The van der Waals surface area contributed by atoms with Crippen molar-refractivity contribution in [2.24, 2.45) is 0 Å². The van der Waals surface area contributed by atoms with E-state index in [1.54, 1.807) is 22.7 Å². The molecule has 0 saturated carbocycles. The van der Waals surface area contributed by atoms with E-state index in [9.17, 15) is 0 Å². The van der Waals surface area contributed by atoms with E-state index in [2.05, 4.69) is 62.3 Å². The Kier molecular flexibility index (Phi) is 3.18. The molecule has 1 nitrogen and oxygen atoms in total. The van der Waals surface area contributed by atoms with Crippen LogP contribution in [0.3, 0.4) is 0 Å². The maximum absolute atomic E-state index is 3.55. The molecular weight excluding hydrogens is 314 g/mol. The molecule has 0 spiro atoms. The molecule has 4 heteroatoms. The molecule has 0 aliphatic carbocycles. The van der Waals surface area contributed by atoms with Gasteiger partial charge in [0.25, 0.3) is 0 Å². The summed E-state index contributed by atoms with van der Waals surface area (Å²) in [6.45, 7) is 0.869. The Balaban J connectivity index is 1.78. The first-order valence-electron chi connectivity index (χ1n) is 5.26. The predicted octanol–water partition coefficient (Wildman–Crippen LogP) is 5.34. The molecule has 0 saturated heterocycles. The van der Waals surface area contributed by atoms with E-state index in [0.717, 1.165) is 6.54 Å². The molecule has 0 amide bonds. The summed E-state index contributed by atoms with van der Waals surface area (Å²) < 4.78 is 2.53. The molecule has 2 heterocycles. The molecule has 86 valence electrons. The second kappa shape index (κ2) is 4.80. The third-order valence-corrected chi connectivity index (χ3v) is 5.42. The first-order chi connectivity index (χ1) is 8.33. The average molecular weight is 324 g/mol. The number of thiophene rings is 2. The fraction of sp³-hybridized carbons (Fsp3) is 0.0769. The van der Waals surface area contributed by atoms with Gasteiger partial charge < -0.3 is 5.32 Å². The molecule has 17 heavy (non-hydrogen) atoms. The van der Waals surface area contributed by atoms with Crippen molar-refractivity contribution < 1.29 is 0 Å². The van der Waals surface area contributed by atoms with E-state index in [0.29, 0.717) is 0 Å². The number of hydrogen-bond donors (Lipinski definition) is 1. The molecule has 1 N–H and O–H groups in total. The van der Waals surface area contributed by atoms with Crippen LogP contribution in [0, 0.1) is 0 Å². The normalized spacial score (nSPS) is 10.9. The number of benzene rings is 1. The van der Waals surface area contributed by atoms with Gasteiger partial charge in [-0.25, -0.2) is 0 Å². The van der Waals surface area contributed by atoms with Crippen LogP contribution in [0.2, 0.25) is 0 Å². The van der Waals surface area contributed by atoms with Crippen molar-refractivity contribution in [2.75, 3.05) is 5.32 Å². The van der Waals surface area contributed by atoms with Gasteiger partial charge in [-0.3, -0.25) is 0 Å². The van der Waals surface area contributed by atoms with Gasteiger partial charge in [0.05, 0.1) is 6.54 Å². The molecule has 0 fully saturated rings. The molecule has 0 aliphatic heterocycles. The lowest BCUT2D eigenvalue weighted by Crippen LogP contribution is -1.97. The van der Waals surface area contributed by atoms with Crippen molar-refractivity contribution in [3.63, 3.8) is 0 Å². The van der Waals surface area contributed by atoms with Crippen molar-refractivity contribution in [1.29, 1.82) is 0 Å². The number of nitrogens with one attached hydrogen (secondary N) is 1. The highest BCUT2D eigenvalue weighted by Crippen LogP contribution is 2.26. The van der Waals surface area contributed by atoms with Crippen LogP contribution in [0.4, 0.5) is 5.69 Å². The Hall–Kier alpha value is -0.840. The lowest BCUT2D eigenvalue weighted by molar-refractivity contribution is 1.19. The van der Waals surface area contributed by atoms with Crippen molar-refractivity contribution >= 4 is 54.4 Å². The zero-order valence-electron chi connectivity index (χ0n) is 8.94. The van der Waals surface area contributed by atoms with Crippen molar-refractivity contribution in [3.05, 3.63) is 50.4 Å². The monoisotopic (exact) mass is 323 g/mol. The van der Waals surface area contributed by atoms with Gasteiger partial charge in [0, 0.05) is 19.7 Å². The van der Waals surface area contributed by atoms with Gasteiger partial charge in [0.15, 0.2) is 0 Å². The zero-order chi connectivity index (χ0) is 11.7. The topological polar surface area (TPSA) is 12.0 Å². The van der Waals surface area contributed by atoms with Crippen LogP contribution in [0.25, 0.3) is 10.1 Å². The summed E-state index contributed by atoms with van der Waals surface area (Å²) in [5.41, 5.74) is 1.18. The minimum absolute atomic E-state index is 0.869. The van der Waals surface area contributed by atoms with E-state index in [4.69, 9.17) is 0 Å². The highest BCUT2D eigenvalue weighted by Gasteiger charge is 2.01. The van der Waals surface area contributed by atoms with Gasteiger partial charge in [0.1, 0.15) is 0 Å². The minimum Gasteiger partial charge on any atom is -0.380 e. The number of rotatable bonds is 3. The summed E-state index contributed by atoms with van der Waals surface area (Å²) in [4.78, 5) is 1.33. The second-order valence-corrected chi connectivity index (χ2v) is 6.52. The van der Waals surface area contributed by atoms with Gasteiger partial charge >= 0.3 is 0 Å². The molecule has 0 aliphatic rings. The number of anilines is 1. The maximum Gasteiger partial charge on any atom is 0.0505 e. The Morgan fingerprint density at radius 2 is 1.94 bits per heavy atom. The van der Waals surface area contributed by atoms with Crippen LogP contribution < -0.4 is 5.32 Å². The first-order valence-corrected chi connectivity index (χ1v) is 7.81. The molecule has 3 aromatic rings. The Morgan fingerprint density at radius 3 is 2.76 bits per heavy atom. The average Bonchev–Trinajstić information content (AvgIpc) is 2.94. The summed E-state index contributed by atoms with van der Waals surface area (Å²) in [6.07, 6.45) is 0. The molecule has 0 bridgehead atoms. The van der Waals surface area contributed by atoms with E-state index < -0.39 is 0 Å². The number of fused-ring (bicyclic) bond motifs is 1. The molecule has 1 aromatic carbocycles. The lowest BCUT2D eigenvalue weighted by Gasteiger charge is -2.05. The van der Waals surface area contributed by atoms with Gasteiger partial charge in [0.2, 0.25) is 0 Å². The molecule has 3 rings (SSSR count). The molecule has 0 radical (unpaired) electrons.